The third-order valence-electron chi connectivity index (χ3n) is 3.45. The second-order valence-electron chi connectivity index (χ2n) is 4.90. The number of carbonyl (C=O) groups is 2. The van der Waals surface area contributed by atoms with E-state index < -0.39 is 13.1 Å². The minimum atomic E-state index is -1.54. The highest BCUT2D eigenvalue weighted by molar-refractivity contribution is 14.1. The lowest BCUT2D eigenvalue weighted by atomic mass is 9.78. The molecule has 112 valence electrons. The van der Waals surface area contributed by atoms with E-state index in [1.165, 1.54) is 4.90 Å². The number of nitrogens with one attached hydrogen (secondary N) is 1. The molecular formula is C13H16BIN2O4. The Bertz CT molecular complexity index is 541. The lowest BCUT2D eigenvalue weighted by molar-refractivity contribution is -0.130. The molecular weight excluding hydrogens is 386 g/mol. The molecule has 1 aromatic rings. The van der Waals surface area contributed by atoms with E-state index in [1.807, 2.05) is 6.07 Å². The fraction of sp³-hybridized carbons (Fsp3) is 0.385. The summed E-state index contributed by atoms with van der Waals surface area (Å²) in [5, 5.41) is 21.0. The van der Waals surface area contributed by atoms with E-state index in [0.29, 0.717) is 18.5 Å². The molecule has 0 radical (unpaired) electrons. The first-order valence-corrected chi connectivity index (χ1v) is 7.76. The highest BCUT2D eigenvalue weighted by Gasteiger charge is 2.36. The molecule has 2 amide bonds. The molecule has 0 aliphatic carbocycles. The zero-order chi connectivity index (χ0) is 15.4. The van der Waals surface area contributed by atoms with Gasteiger partial charge in [-0.05, 0) is 53.6 Å². The third kappa shape index (κ3) is 4.18. The van der Waals surface area contributed by atoms with Gasteiger partial charge in [-0.1, -0.05) is 6.07 Å². The summed E-state index contributed by atoms with van der Waals surface area (Å²) in [5.41, 5.74) is 0.495. The van der Waals surface area contributed by atoms with Gasteiger partial charge in [0, 0.05) is 15.7 Å². The Morgan fingerprint density at radius 2 is 2.19 bits per heavy atom. The van der Waals surface area contributed by atoms with Crippen LogP contribution < -0.4 is 5.32 Å². The van der Waals surface area contributed by atoms with Crippen molar-refractivity contribution in [2.24, 2.45) is 0 Å². The van der Waals surface area contributed by atoms with Gasteiger partial charge in [0.1, 0.15) is 0 Å². The van der Waals surface area contributed by atoms with Crippen LogP contribution in [0.2, 0.25) is 0 Å². The molecule has 1 aliphatic heterocycles. The standard InChI is InChI=1S/C13H16BIN2O4/c15-10-4-1-3-9(7-10)13(19)16-8-12(18)17-6-2-5-11(17)14(20)21/h1,3-4,7,11,20-21H,2,5-6,8H2,(H,16,19). The molecule has 1 atom stereocenters. The van der Waals surface area contributed by atoms with E-state index in [1.54, 1.807) is 18.2 Å². The predicted octanol–water partition coefficient (Wildman–Crippen LogP) is 0.0240. The summed E-state index contributed by atoms with van der Waals surface area (Å²) in [5.74, 6) is -1.20. The van der Waals surface area contributed by atoms with Gasteiger partial charge in [-0.2, -0.15) is 0 Å². The SMILES string of the molecule is O=C(NCC(=O)N1CCCC1B(O)O)c1cccc(I)c1. The van der Waals surface area contributed by atoms with Gasteiger partial charge in [0.25, 0.3) is 5.91 Å². The van der Waals surface area contributed by atoms with E-state index in [9.17, 15) is 19.6 Å². The number of hydrogen-bond acceptors (Lipinski definition) is 4. The van der Waals surface area contributed by atoms with Crippen molar-refractivity contribution in [3.8, 4) is 0 Å². The fourth-order valence-electron chi connectivity index (χ4n) is 2.40. The first-order chi connectivity index (χ1) is 9.99. The van der Waals surface area contributed by atoms with Crippen molar-refractivity contribution < 1.29 is 19.6 Å². The van der Waals surface area contributed by atoms with Gasteiger partial charge in [-0.15, -0.1) is 0 Å². The number of hydrogen-bond donors (Lipinski definition) is 3. The summed E-state index contributed by atoms with van der Waals surface area (Å²) in [7, 11) is -1.54. The highest BCUT2D eigenvalue weighted by Crippen LogP contribution is 2.17. The summed E-state index contributed by atoms with van der Waals surface area (Å²) >= 11 is 2.11. The van der Waals surface area contributed by atoms with Crippen LogP contribution in [0.3, 0.4) is 0 Å². The molecule has 3 N–H and O–H groups in total. The summed E-state index contributed by atoms with van der Waals surface area (Å²) < 4.78 is 0.939. The minimum Gasteiger partial charge on any atom is -0.426 e. The zero-order valence-corrected chi connectivity index (χ0v) is 13.5. The van der Waals surface area contributed by atoms with Crippen molar-refractivity contribution in [1.82, 2.24) is 10.2 Å². The molecule has 0 spiro atoms. The fourth-order valence-corrected chi connectivity index (χ4v) is 2.94. The number of carbonyl (C=O) groups excluding carboxylic acids is 2. The number of nitrogens with zero attached hydrogens (tertiary/aromatic N) is 1. The van der Waals surface area contributed by atoms with Gasteiger partial charge in [0.2, 0.25) is 5.91 Å². The lowest BCUT2D eigenvalue weighted by Gasteiger charge is -2.24. The second kappa shape index (κ2) is 7.23. The van der Waals surface area contributed by atoms with Gasteiger partial charge < -0.3 is 20.3 Å². The van der Waals surface area contributed by atoms with Gasteiger partial charge in [-0.3, -0.25) is 9.59 Å². The number of rotatable bonds is 4. The van der Waals surface area contributed by atoms with Gasteiger partial charge in [0.15, 0.2) is 0 Å². The quantitative estimate of drug-likeness (QED) is 0.490. The molecule has 0 bridgehead atoms. The number of halogens is 1. The van der Waals surface area contributed by atoms with Crippen molar-refractivity contribution in [2.45, 2.75) is 18.8 Å². The van der Waals surface area contributed by atoms with E-state index in [-0.39, 0.29) is 18.4 Å². The molecule has 6 nitrogen and oxygen atoms in total. The lowest BCUT2D eigenvalue weighted by Crippen LogP contribution is -2.48. The molecule has 21 heavy (non-hydrogen) atoms. The Morgan fingerprint density at radius 3 is 2.86 bits per heavy atom. The van der Waals surface area contributed by atoms with Crippen LogP contribution in [0.1, 0.15) is 23.2 Å². The van der Waals surface area contributed by atoms with Crippen LogP contribution >= 0.6 is 22.6 Å². The van der Waals surface area contributed by atoms with Crippen LogP contribution in [0.25, 0.3) is 0 Å². The Labute approximate surface area is 136 Å². The maximum Gasteiger partial charge on any atom is 0.475 e. The molecule has 1 aliphatic rings. The molecule has 8 heteroatoms. The normalized spacial score (nSPS) is 17.7. The number of benzene rings is 1. The number of likely N-dealkylation sites (tertiary alicyclic amines) is 1. The highest BCUT2D eigenvalue weighted by atomic mass is 127. The first kappa shape index (κ1) is 16.2. The summed E-state index contributed by atoms with van der Waals surface area (Å²) in [4.78, 5) is 25.4. The summed E-state index contributed by atoms with van der Waals surface area (Å²) in [6, 6.07) is 7.06. The van der Waals surface area contributed by atoms with Crippen molar-refractivity contribution in [3.63, 3.8) is 0 Å². The van der Waals surface area contributed by atoms with Crippen LogP contribution in [0.4, 0.5) is 0 Å². The van der Waals surface area contributed by atoms with Crippen LogP contribution in [-0.4, -0.2) is 52.9 Å². The van der Waals surface area contributed by atoms with Crippen molar-refractivity contribution in [3.05, 3.63) is 33.4 Å². The smallest absolute Gasteiger partial charge is 0.426 e. The van der Waals surface area contributed by atoms with E-state index in [2.05, 4.69) is 27.9 Å². The average Bonchev–Trinajstić information content (AvgIpc) is 2.94. The summed E-state index contributed by atoms with van der Waals surface area (Å²) in [6.45, 7) is 0.341. The molecule has 1 aromatic carbocycles. The molecule has 0 saturated carbocycles. The predicted molar refractivity (Wildman–Crippen MR) is 86.4 cm³/mol. The van der Waals surface area contributed by atoms with E-state index in [4.69, 9.17) is 0 Å². The van der Waals surface area contributed by atoms with Crippen LogP contribution in [0, 0.1) is 3.57 Å². The van der Waals surface area contributed by atoms with Crippen LogP contribution in [0.15, 0.2) is 24.3 Å². The first-order valence-electron chi connectivity index (χ1n) is 6.68. The Hall–Kier alpha value is -1.13. The van der Waals surface area contributed by atoms with Crippen molar-refractivity contribution in [2.75, 3.05) is 13.1 Å². The van der Waals surface area contributed by atoms with Crippen molar-refractivity contribution >= 4 is 41.5 Å². The Kier molecular flexibility index (Phi) is 5.60. The van der Waals surface area contributed by atoms with Gasteiger partial charge >= 0.3 is 7.12 Å². The Balaban J connectivity index is 1.90. The topological polar surface area (TPSA) is 89.9 Å². The molecule has 2 rings (SSSR count). The van der Waals surface area contributed by atoms with E-state index in [0.717, 1.165) is 9.99 Å². The largest absolute Gasteiger partial charge is 0.475 e. The average molecular weight is 402 g/mol. The molecule has 1 heterocycles. The molecule has 0 aromatic heterocycles. The van der Waals surface area contributed by atoms with Gasteiger partial charge in [0.05, 0.1) is 12.5 Å². The molecule has 1 fully saturated rings. The maximum atomic E-state index is 12.1. The monoisotopic (exact) mass is 402 g/mol. The second-order valence-corrected chi connectivity index (χ2v) is 6.15. The van der Waals surface area contributed by atoms with Crippen molar-refractivity contribution in [1.29, 1.82) is 0 Å². The summed E-state index contributed by atoms with van der Waals surface area (Å²) in [6.07, 6.45) is 1.30. The van der Waals surface area contributed by atoms with Crippen LogP contribution in [0.5, 0.6) is 0 Å². The van der Waals surface area contributed by atoms with Crippen LogP contribution in [-0.2, 0) is 4.79 Å². The Morgan fingerprint density at radius 1 is 1.43 bits per heavy atom. The maximum absolute atomic E-state index is 12.1. The van der Waals surface area contributed by atoms with E-state index >= 15 is 0 Å². The number of amides is 2. The van der Waals surface area contributed by atoms with Gasteiger partial charge in [-0.25, -0.2) is 0 Å². The minimum absolute atomic E-state index is 0.145. The third-order valence-corrected chi connectivity index (χ3v) is 4.12. The molecule has 1 unspecified atom stereocenters. The zero-order valence-electron chi connectivity index (χ0n) is 11.3. The molecule has 1 saturated heterocycles.